The number of benzene rings is 1. The molecule has 2 N–H and O–H groups in total. The van der Waals surface area contributed by atoms with E-state index in [1.54, 1.807) is 13.4 Å². The van der Waals surface area contributed by atoms with E-state index >= 15 is 0 Å². The van der Waals surface area contributed by atoms with E-state index in [2.05, 4.69) is 16.7 Å². The van der Waals surface area contributed by atoms with E-state index in [4.69, 9.17) is 14.1 Å². The van der Waals surface area contributed by atoms with Gasteiger partial charge in [-0.25, -0.2) is 0 Å². The zero-order valence-electron chi connectivity index (χ0n) is 15.9. The molecular weight excluding hydrogens is 453 g/mol. The second-order valence-electron chi connectivity index (χ2n) is 6.67. The molecule has 1 heterocycles. The topological polar surface area (TPSA) is 58.8 Å². The minimum absolute atomic E-state index is 0. The van der Waals surface area contributed by atoms with E-state index in [1.807, 2.05) is 30.3 Å². The molecule has 2 aromatic rings. The van der Waals surface area contributed by atoms with Gasteiger partial charge in [-0.05, 0) is 43.0 Å². The number of rotatable bonds is 8. The minimum Gasteiger partial charge on any atom is -0.496 e. The van der Waals surface area contributed by atoms with Gasteiger partial charge in [0.2, 0.25) is 0 Å². The molecule has 27 heavy (non-hydrogen) atoms. The second-order valence-corrected chi connectivity index (χ2v) is 6.67. The Kier molecular flexibility index (Phi) is 9.52. The molecular formula is C21H30IN3O2. The number of furan rings is 1. The number of halogens is 1. The summed E-state index contributed by atoms with van der Waals surface area (Å²) in [5, 5.41) is 7.07. The van der Waals surface area contributed by atoms with Crippen LogP contribution in [0.15, 0.2) is 52.1 Å². The molecule has 0 bridgehead atoms. The largest absolute Gasteiger partial charge is 0.496 e. The summed E-state index contributed by atoms with van der Waals surface area (Å²) >= 11 is 0. The Morgan fingerprint density at radius 1 is 1.15 bits per heavy atom. The first-order valence-electron chi connectivity index (χ1n) is 9.54. The Bertz CT molecular complexity index is 682. The summed E-state index contributed by atoms with van der Waals surface area (Å²) in [7, 11) is 1.72. The van der Waals surface area contributed by atoms with Crippen molar-refractivity contribution in [3.8, 4) is 5.75 Å². The molecule has 1 aliphatic rings. The summed E-state index contributed by atoms with van der Waals surface area (Å²) in [5.41, 5.74) is 1.21. The summed E-state index contributed by atoms with van der Waals surface area (Å²) in [6.07, 6.45) is 8.49. The first-order chi connectivity index (χ1) is 12.8. The fraction of sp³-hybridized carbons (Fsp3) is 0.476. The van der Waals surface area contributed by atoms with Crippen molar-refractivity contribution >= 4 is 29.9 Å². The molecule has 0 unspecified atom stereocenters. The van der Waals surface area contributed by atoms with Gasteiger partial charge in [0.25, 0.3) is 0 Å². The van der Waals surface area contributed by atoms with Crippen LogP contribution in [0.2, 0.25) is 0 Å². The lowest BCUT2D eigenvalue weighted by Gasteiger charge is -2.18. The third kappa shape index (κ3) is 7.08. The smallest absolute Gasteiger partial charge is 0.191 e. The predicted octanol–water partition coefficient (Wildman–Crippen LogP) is 4.17. The molecule has 1 aromatic carbocycles. The van der Waals surface area contributed by atoms with Crippen LogP contribution in [0.4, 0.5) is 0 Å². The number of ether oxygens (including phenoxy) is 1. The Morgan fingerprint density at radius 2 is 1.96 bits per heavy atom. The molecule has 1 fully saturated rings. The number of nitrogens with one attached hydrogen (secondary N) is 2. The Balaban J connectivity index is 0.00000261. The van der Waals surface area contributed by atoms with E-state index in [0.29, 0.717) is 12.6 Å². The summed E-state index contributed by atoms with van der Waals surface area (Å²) in [6, 6.07) is 12.6. The highest BCUT2D eigenvalue weighted by Gasteiger charge is 2.16. The molecule has 1 aromatic heterocycles. The fourth-order valence-electron chi connectivity index (χ4n) is 3.37. The van der Waals surface area contributed by atoms with Crippen molar-refractivity contribution < 1.29 is 9.15 Å². The number of methoxy groups -OCH3 is 1. The predicted molar refractivity (Wildman–Crippen MR) is 120 cm³/mol. The molecule has 0 amide bonds. The summed E-state index contributed by atoms with van der Waals surface area (Å²) in [6.45, 7) is 1.53. The van der Waals surface area contributed by atoms with Gasteiger partial charge in [-0.2, -0.15) is 0 Å². The van der Waals surface area contributed by atoms with E-state index in [-0.39, 0.29) is 24.0 Å². The van der Waals surface area contributed by atoms with Crippen molar-refractivity contribution in [3.63, 3.8) is 0 Å². The van der Waals surface area contributed by atoms with Crippen LogP contribution in [0.3, 0.4) is 0 Å². The maximum atomic E-state index is 5.43. The zero-order chi connectivity index (χ0) is 18.0. The van der Waals surface area contributed by atoms with Crippen LogP contribution < -0.4 is 15.4 Å². The van der Waals surface area contributed by atoms with Crippen molar-refractivity contribution in [1.82, 2.24) is 10.6 Å². The molecule has 1 saturated carbocycles. The molecule has 0 aliphatic heterocycles. The number of para-hydroxylation sites is 1. The van der Waals surface area contributed by atoms with Crippen LogP contribution in [0.5, 0.6) is 5.75 Å². The standard InChI is InChI=1S/C21H29N3O2.HI/c1-25-20-11-5-2-7-17(20)12-14-22-21(24-18-8-3-4-9-18)23-15-13-19-10-6-16-26-19;/h2,5-7,10-11,16,18H,3-4,8-9,12-15H2,1H3,(H2,22,23,24);1H. The van der Waals surface area contributed by atoms with Gasteiger partial charge in [0.1, 0.15) is 11.5 Å². The molecule has 0 saturated heterocycles. The van der Waals surface area contributed by atoms with E-state index < -0.39 is 0 Å². The van der Waals surface area contributed by atoms with Crippen molar-refractivity contribution in [1.29, 1.82) is 0 Å². The third-order valence-electron chi connectivity index (χ3n) is 4.78. The molecule has 1 aliphatic carbocycles. The lowest BCUT2D eigenvalue weighted by molar-refractivity contribution is 0.409. The molecule has 3 rings (SSSR count). The molecule has 148 valence electrons. The summed E-state index contributed by atoms with van der Waals surface area (Å²) in [4.78, 5) is 4.74. The molecule has 0 spiro atoms. The van der Waals surface area contributed by atoms with Gasteiger partial charge in [0.05, 0.1) is 13.4 Å². The first-order valence-corrected chi connectivity index (χ1v) is 9.54. The molecule has 0 atom stereocenters. The molecule has 6 heteroatoms. The van der Waals surface area contributed by atoms with Crippen LogP contribution in [0.1, 0.15) is 37.0 Å². The van der Waals surface area contributed by atoms with Crippen LogP contribution in [0, 0.1) is 0 Å². The lowest BCUT2D eigenvalue weighted by atomic mass is 10.1. The number of nitrogens with zero attached hydrogens (tertiary/aromatic N) is 1. The molecule has 0 radical (unpaired) electrons. The fourth-order valence-corrected chi connectivity index (χ4v) is 3.37. The van der Waals surface area contributed by atoms with Gasteiger partial charge >= 0.3 is 0 Å². The molecule has 5 nitrogen and oxygen atoms in total. The van der Waals surface area contributed by atoms with Crippen LogP contribution >= 0.6 is 24.0 Å². The number of hydrogen-bond donors (Lipinski definition) is 2. The summed E-state index contributed by atoms with van der Waals surface area (Å²) < 4.78 is 10.8. The van der Waals surface area contributed by atoms with Crippen molar-refractivity contribution in [2.24, 2.45) is 4.99 Å². The SMILES string of the molecule is COc1ccccc1CCNC(=NCCc1ccco1)NC1CCCC1.I. The number of guanidine groups is 1. The van der Waals surface area contributed by atoms with Gasteiger partial charge in [0.15, 0.2) is 5.96 Å². The van der Waals surface area contributed by atoms with Crippen LogP contribution in [-0.4, -0.2) is 32.2 Å². The normalized spacial score (nSPS) is 14.6. The van der Waals surface area contributed by atoms with Gasteiger partial charge in [0, 0.05) is 25.6 Å². The van der Waals surface area contributed by atoms with Crippen molar-refractivity contribution in [2.75, 3.05) is 20.2 Å². The quantitative estimate of drug-likeness (QED) is 0.336. The Labute approximate surface area is 179 Å². The van der Waals surface area contributed by atoms with E-state index in [0.717, 1.165) is 36.9 Å². The van der Waals surface area contributed by atoms with Crippen LogP contribution in [0.25, 0.3) is 0 Å². The van der Waals surface area contributed by atoms with E-state index in [1.165, 1.54) is 31.2 Å². The highest BCUT2D eigenvalue weighted by Crippen LogP contribution is 2.18. The Hall–Kier alpha value is -1.70. The zero-order valence-corrected chi connectivity index (χ0v) is 18.3. The maximum Gasteiger partial charge on any atom is 0.191 e. The highest BCUT2D eigenvalue weighted by molar-refractivity contribution is 14.0. The lowest BCUT2D eigenvalue weighted by Crippen LogP contribution is -2.43. The summed E-state index contributed by atoms with van der Waals surface area (Å²) in [5.74, 6) is 2.82. The maximum absolute atomic E-state index is 5.43. The number of aliphatic imine (C=N–C) groups is 1. The van der Waals surface area contributed by atoms with Gasteiger partial charge in [-0.3, -0.25) is 4.99 Å². The first kappa shape index (κ1) is 21.6. The van der Waals surface area contributed by atoms with Gasteiger partial charge < -0.3 is 19.8 Å². The van der Waals surface area contributed by atoms with Gasteiger partial charge in [-0.15, -0.1) is 24.0 Å². The highest BCUT2D eigenvalue weighted by atomic mass is 127. The minimum atomic E-state index is 0. The monoisotopic (exact) mass is 483 g/mol. The van der Waals surface area contributed by atoms with Crippen LogP contribution in [-0.2, 0) is 12.8 Å². The number of hydrogen-bond acceptors (Lipinski definition) is 3. The van der Waals surface area contributed by atoms with Crippen molar-refractivity contribution in [2.45, 2.75) is 44.6 Å². The second kappa shape index (κ2) is 11.9. The average Bonchev–Trinajstić information content (AvgIpc) is 3.36. The van der Waals surface area contributed by atoms with Gasteiger partial charge in [-0.1, -0.05) is 31.0 Å². The van der Waals surface area contributed by atoms with E-state index in [9.17, 15) is 0 Å². The van der Waals surface area contributed by atoms with Crippen molar-refractivity contribution in [3.05, 3.63) is 54.0 Å². The third-order valence-corrected chi connectivity index (χ3v) is 4.78. The average molecular weight is 483 g/mol. The Morgan fingerprint density at radius 3 is 2.70 bits per heavy atom.